The van der Waals surface area contributed by atoms with Crippen molar-refractivity contribution in [2.45, 2.75) is 6.61 Å². The van der Waals surface area contributed by atoms with Crippen LogP contribution in [0.4, 0.5) is 0 Å². The molecule has 1 heterocycles. The maximum absolute atomic E-state index is 12.0. The molecule has 5 nitrogen and oxygen atoms in total. The molecular weight excluding hydrogens is 388 g/mol. The third kappa shape index (κ3) is 4.58. The number of furan rings is 1. The summed E-state index contributed by atoms with van der Waals surface area (Å²) >= 11 is 3.12. The summed E-state index contributed by atoms with van der Waals surface area (Å²) in [7, 11) is 0. The summed E-state index contributed by atoms with van der Waals surface area (Å²) in [5.41, 5.74) is 1.28. The zero-order valence-electron chi connectivity index (χ0n) is 13.0. The Kier molecular flexibility index (Phi) is 5.30. The molecule has 3 aromatic rings. The molecule has 1 aromatic heterocycles. The first-order chi connectivity index (χ1) is 12.1. The van der Waals surface area contributed by atoms with Gasteiger partial charge in [0.2, 0.25) is 5.76 Å². The maximum Gasteiger partial charge on any atom is 0.379 e. The van der Waals surface area contributed by atoms with Gasteiger partial charge in [0, 0.05) is 0 Å². The molecule has 0 radical (unpaired) electrons. The predicted octanol–water partition coefficient (Wildman–Crippen LogP) is 4.62. The quantitative estimate of drug-likeness (QED) is 0.461. The van der Waals surface area contributed by atoms with E-state index in [-0.39, 0.29) is 12.4 Å². The molecule has 0 aliphatic rings. The number of rotatable bonds is 5. The van der Waals surface area contributed by atoms with E-state index < -0.39 is 11.9 Å². The summed E-state index contributed by atoms with van der Waals surface area (Å²) in [4.78, 5) is 23.9. The molecule has 0 amide bonds. The largest absolute Gasteiger partial charge is 0.457 e. The number of esters is 2. The Morgan fingerprint density at radius 2 is 1.60 bits per heavy atom. The highest BCUT2D eigenvalue weighted by Gasteiger charge is 2.14. The predicted molar refractivity (Wildman–Crippen MR) is 93.4 cm³/mol. The number of hydrogen-bond acceptors (Lipinski definition) is 5. The highest BCUT2D eigenvalue weighted by atomic mass is 79.9. The van der Waals surface area contributed by atoms with Crippen molar-refractivity contribution in [1.29, 1.82) is 0 Å². The number of carbonyl (C=O) groups excluding carboxylic acids is 2. The molecule has 0 N–H and O–H groups in total. The molecule has 126 valence electrons. The summed E-state index contributed by atoms with van der Waals surface area (Å²) in [5.74, 6) is -0.683. The molecule has 0 aliphatic carbocycles. The Balaban J connectivity index is 1.58. The van der Waals surface area contributed by atoms with Crippen LogP contribution in [0, 0.1) is 0 Å². The first kappa shape index (κ1) is 17.0. The molecule has 25 heavy (non-hydrogen) atoms. The third-order valence-corrected chi connectivity index (χ3v) is 3.71. The fourth-order valence-electron chi connectivity index (χ4n) is 2.05. The minimum absolute atomic E-state index is 0.0817. The van der Waals surface area contributed by atoms with Crippen LogP contribution in [0.2, 0.25) is 0 Å². The zero-order valence-corrected chi connectivity index (χ0v) is 14.6. The lowest BCUT2D eigenvalue weighted by molar-refractivity contribution is 0.0472. The van der Waals surface area contributed by atoms with Crippen LogP contribution >= 0.6 is 15.9 Å². The van der Waals surface area contributed by atoms with E-state index in [9.17, 15) is 9.59 Å². The fourth-order valence-corrected chi connectivity index (χ4v) is 2.35. The lowest BCUT2D eigenvalue weighted by Gasteiger charge is -2.06. The molecular formula is C19H13BrO5. The normalized spacial score (nSPS) is 10.3. The average molecular weight is 401 g/mol. The average Bonchev–Trinajstić information content (AvgIpc) is 3.08. The van der Waals surface area contributed by atoms with E-state index in [1.807, 2.05) is 30.3 Å². The van der Waals surface area contributed by atoms with E-state index in [1.165, 1.54) is 30.3 Å². The van der Waals surface area contributed by atoms with E-state index in [1.54, 1.807) is 6.07 Å². The van der Waals surface area contributed by atoms with Gasteiger partial charge in [0.1, 0.15) is 12.4 Å². The van der Waals surface area contributed by atoms with E-state index in [4.69, 9.17) is 13.9 Å². The third-order valence-electron chi connectivity index (χ3n) is 3.29. The second-order valence-corrected chi connectivity index (χ2v) is 5.86. The molecule has 6 heteroatoms. The minimum atomic E-state index is -0.620. The van der Waals surface area contributed by atoms with Crippen LogP contribution in [-0.4, -0.2) is 11.9 Å². The number of halogens is 1. The first-order valence-electron chi connectivity index (χ1n) is 7.40. The van der Waals surface area contributed by atoms with Crippen molar-refractivity contribution < 1.29 is 23.5 Å². The van der Waals surface area contributed by atoms with Gasteiger partial charge in [0.15, 0.2) is 4.67 Å². The molecule has 0 spiro atoms. The summed E-state index contributed by atoms with van der Waals surface area (Å²) in [5, 5.41) is 0. The molecule has 3 rings (SSSR count). The van der Waals surface area contributed by atoms with Crippen molar-refractivity contribution in [2.24, 2.45) is 0 Å². The molecule has 0 atom stereocenters. The van der Waals surface area contributed by atoms with Gasteiger partial charge in [-0.05, 0) is 57.9 Å². The van der Waals surface area contributed by atoms with Crippen molar-refractivity contribution in [2.75, 3.05) is 0 Å². The summed E-state index contributed by atoms with van der Waals surface area (Å²) < 4.78 is 16.0. The molecule has 0 fully saturated rings. The van der Waals surface area contributed by atoms with Crippen molar-refractivity contribution in [3.05, 3.63) is 88.3 Å². The van der Waals surface area contributed by atoms with Gasteiger partial charge >= 0.3 is 11.9 Å². The Labute approximate surface area is 152 Å². The topological polar surface area (TPSA) is 65.7 Å². The van der Waals surface area contributed by atoms with Crippen molar-refractivity contribution in [1.82, 2.24) is 0 Å². The standard InChI is InChI=1S/C19H13BrO5/c20-17-11-10-16(25-17)19(22)24-15-8-6-14(7-9-15)18(21)23-12-13-4-2-1-3-5-13/h1-11H,12H2. The van der Waals surface area contributed by atoms with E-state index in [2.05, 4.69) is 15.9 Å². The van der Waals surface area contributed by atoms with E-state index >= 15 is 0 Å². The SMILES string of the molecule is O=C(OCc1ccccc1)c1ccc(OC(=O)c2ccc(Br)o2)cc1. The van der Waals surface area contributed by atoms with Crippen LogP contribution in [0.25, 0.3) is 0 Å². The summed E-state index contributed by atoms with van der Waals surface area (Å²) in [6.07, 6.45) is 0. The molecule has 0 bridgehead atoms. The Morgan fingerprint density at radius 1 is 0.880 bits per heavy atom. The molecule has 0 saturated heterocycles. The lowest BCUT2D eigenvalue weighted by atomic mass is 10.2. The second kappa shape index (κ2) is 7.81. The van der Waals surface area contributed by atoms with Crippen molar-refractivity contribution in [3.63, 3.8) is 0 Å². The van der Waals surface area contributed by atoms with Gasteiger partial charge in [0.05, 0.1) is 5.56 Å². The Morgan fingerprint density at radius 3 is 2.24 bits per heavy atom. The van der Waals surface area contributed by atoms with E-state index in [0.29, 0.717) is 16.0 Å². The Hall–Kier alpha value is -2.86. The number of ether oxygens (including phenoxy) is 2. The van der Waals surface area contributed by atoms with Crippen LogP contribution in [0.5, 0.6) is 5.75 Å². The van der Waals surface area contributed by atoms with Gasteiger partial charge in [-0.25, -0.2) is 9.59 Å². The second-order valence-electron chi connectivity index (χ2n) is 5.08. The number of benzene rings is 2. The molecule has 0 aliphatic heterocycles. The monoisotopic (exact) mass is 400 g/mol. The van der Waals surface area contributed by atoms with Crippen molar-refractivity contribution >= 4 is 27.9 Å². The first-order valence-corrected chi connectivity index (χ1v) is 8.20. The number of carbonyl (C=O) groups is 2. The van der Waals surface area contributed by atoms with Gasteiger partial charge in [-0.15, -0.1) is 0 Å². The smallest absolute Gasteiger partial charge is 0.379 e. The van der Waals surface area contributed by atoms with Gasteiger partial charge in [-0.2, -0.15) is 0 Å². The van der Waals surface area contributed by atoms with Crippen LogP contribution in [-0.2, 0) is 11.3 Å². The highest BCUT2D eigenvalue weighted by molar-refractivity contribution is 9.10. The minimum Gasteiger partial charge on any atom is -0.457 e. The van der Waals surface area contributed by atoms with Gasteiger partial charge in [-0.1, -0.05) is 30.3 Å². The van der Waals surface area contributed by atoms with Crippen molar-refractivity contribution in [3.8, 4) is 5.75 Å². The van der Waals surface area contributed by atoms with Gasteiger partial charge < -0.3 is 13.9 Å². The fraction of sp³-hybridized carbons (Fsp3) is 0.0526. The Bertz CT molecular complexity index is 868. The van der Waals surface area contributed by atoms with Gasteiger partial charge in [-0.3, -0.25) is 0 Å². The van der Waals surface area contributed by atoms with Gasteiger partial charge in [0.25, 0.3) is 0 Å². The summed E-state index contributed by atoms with van der Waals surface area (Å²) in [6.45, 7) is 0.198. The maximum atomic E-state index is 12.0. The van der Waals surface area contributed by atoms with Crippen LogP contribution in [0.3, 0.4) is 0 Å². The molecule has 0 unspecified atom stereocenters. The summed E-state index contributed by atoms with van der Waals surface area (Å²) in [6, 6.07) is 18.6. The highest BCUT2D eigenvalue weighted by Crippen LogP contribution is 2.18. The molecule has 2 aromatic carbocycles. The van der Waals surface area contributed by atoms with E-state index in [0.717, 1.165) is 5.56 Å². The lowest BCUT2D eigenvalue weighted by Crippen LogP contribution is -2.08. The zero-order chi connectivity index (χ0) is 17.6. The van der Waals surface area contributed by atoms with Crippen LogP contribution in [0.1, 0.15) is 26.5 Å². The van der Waals surface area contributed by atoms with Crippen LogP contribution in [0.15, 0.2) is 75.8 Å². The van der Waals surface area contributed by atoms with Crippen LogP contribution < -0.4 is 4.74 Å². The number of hydrogen-bond donors (Lipinski definition) is 0. The molecule has 0 saturated carbocycles.